The lowest BCUT2D eigenvalue weighted by molar-refractivity contribution is -0.124. The number of hydrogen-bond donors (Lipinski definition) is 2. The van der Waals surface area contributed by atoms with E-state index in [2.05, 4.69) is 21.2 Å². The zero-order valence-electron chi connectivity index (χ0n) is 13.1. The number of carboxylic acid groups (broad SMARTS) is 1. The lowest BCUT2D eigenvalue weighted by atomic mass is 9.86. The van der Waals surface area contributed by atoms with E-state index in [0.29, 0.717) is 13.0 Å². The van der Waals surface area contributed by atoms with Gasteiger partial charge in [0.05, 0.1) is 6.54 Å². The number of amides is 2. The summed E-state index contributed by atoms with van der Waals surface area (Å²) in [4.78, 5) is 25.8. The molecular formula is C18H17BrN2O3. The number of nitrogens with one attached hydrogen (secondary N) is 1. The molecule has 1 aliphatic rings. The maximum Gasteiger partial charge on any atom is 0.405 e. The van der Waals surface area contributed by atoms with Crippen LogP contribution in [0, 0.1) is 0 Å². The lowest BCUT2D eigenvalue weighted by Gasteiger charge is -2.40. The fraction of sp³-hybridized carbons (Fsp3) is 0.222. The van der Waals surface area contributed by atoms with Crippen LogP contribution in [0.3, 0.4) is 0 Å². The highest BCUT2D eigenvalue weighted by molar-refractivity contribution is 9.10. The Morgan fingerprint density at radius 1 is 1.29 bits per heavy atom. The number of benzene rings is 2. The number of anilines is 1. The molecule has 5 nitrogen and oxygen atoms in total. The normalized spacial score (nSPS) is 19.8. The van der Waals surface area contributed by atoms with Crippen molar-refractivity contribution in [1.29, 1.82) is 0 Å². The van der Waals surface area contributed by atoms with Gasteiger partial charge in [-0.1, -0.05) is 46.3 Å². The topological polar surface area (TPSA) is 69.6 Å². The lowest BCUT2D eigenvalue weighted by Crippen LogP contribution is -2.61. The minimum atomic E-state index is -1.20. The molecule has 0 saturated carbocycles. The van der Waals surface area contributed by atoms with E-state index in [4.69, 9.17) is 5.11 Å². The molecule has 0 saturated heterocycles. The van der Waals surface area contributed by atoms with Crippen molar-refractivity contribution >= 4 is 33.6 Å². The van der Waals surface area contributed by atoms with Gasteiger partial charge in [-0.25, -0.2) is 4.79 Å². The molecular weight excluding hydrogens is 372 g/mol. The van der Waals surface area contributed by atoms with Crippen molar-refractivity contribution in [3.63, 3.8) is 0 Å². The van der Waals surface area contributed by atoms with Crippen molar-refractivity contribution in [2.24, 2.45) is 0 Å². The second-order valence-corrected chi connectivity index (χ2v) is 7.00. The molecule has 2 N–H and O–H groups in total. The molecule has 0 fully saturated rings. The zero-order valence-corrected chi connectivity index (χ0v) is 14.7. The molecule has 0 aromatic heterocycles. The van der Waals surface area contributed by atoms with Gasteiger partial charge in [0.2, 0.25) is 0 Å². The molecule has 1 unspecified atom stereocenters. The van der Waals surface area contributed by atoms with Gasteiger partial charge in [-0.05, 0) is 36.2 Å². The smallest absolute Gasteiger partial charge is 0.405 e. The first kappa shape index (κ1) is 16.5. The van der Waals surface area contributed by atoms with E-state index in [1.807, 2.05) is 48.5 Å². The van der Waals surface area contributed by atoms with Gasteiger partial charge in [0, 0.05) is 16.6 Å². The van der Waals surface area contributed by atoms with E-state index < -0.39 is 11.6 Å². The summed E-state index contributed by atoms with van der Waals surface area (Å²) < 4.78 is 0.896. The molecule has 0 bridgehead atoms. The van der Waals surface area contributed by atoms with Crippen molar-refractivity contribution in [3.8, 4) is 0 Å². The van der Waals surface area contributed by atoms with E-state index >= 15 is 0 Å². The molecule has 0 aliphatic carbocycles. The molecule has 3 rings (SSSR count). The van der Waals surface area contributed by atoms with Gasteiger partial charge < -0.3 is 15.3 Å². The quantitative estimate of drug-likeness (QED) is 0.844. The second kappa shape index (κ2) is 6.28. The van der Waals surface area contributed by atoms with Crippen LogP contribution >= 0.6 is 15.9 Å². The number of carbonyl (C=O) groups is 2. The van der Waals surface area contributed by atoms with Gasteiger partial charge in [-0.15, -0.1) is 0 Å². The molecule has 124 valence electrons. The molecule has 1 atom stereocenters. The first-order valence-corrected chi connectivity index (χ1v) is 8.34. The van der Waals surface area contributed by atoms with Crippen LogP contribution in [0.25, 0.3) is 0 Å². The highest BCUT2D eigenvalue weighted by Crippen LogP contribution is 2.35. The van der Waals surface area contributed by atoms with Crippen LogP contribution in [-0.4, -0.2) is 22.6 Å². The second-order valence-electron chi connectivity index (χ2n) is 6.09. The summed E-state index contributed by atoms with van der Waals surface area (Å²) in [5, 5.41) is 11.5. The fourth-order valence-corrected chi connectivity index (χ4v) is 3.49. The highest BCUT2D eigenvalue weighted by Gasteiger charge is 2.43. The van der Waals surface area contributed by atoms with Crippen molar-refractivity contribution in [3.05, 3.63) is 64.1 Å². The Morgan fingerprint density at radius 2 is 2.00 bits per heavy atom. The maximum atomic E-state index is 13.0. The van der Waals surface area contributed by atoms with E-state index in [1.54, 1.807) is 11.8 Å². The summed E-state index contributed by atoms with van der Waals surface area (Å²) >= 11 is 3.44. The van der Waals surface area contributed by atoms with Crippen LogP contribution in [0.4, 0.5) is 10.5 Å². The standard InChI is InChI=1S/C18H17BrN2O3/c1-18(20-17(23)24)10-13-9-14(19)7-8-15(13)21(16(18)22)11-12-5-3-2-4-6-12/h2-9,20H,10-11H2,1H3,(H,23,24). The predicted molar refractivity (Wildman–Crippen MR) is 95.0 cm³/mol. The van der Waals surface area contributed by atoms with E-state index in [1.165, 1.54) is 0 Å². The Labute approximate surface area is 148 Å². The molecule has 1 heterocycles. The molecule has 2 aromatic carbocycles. The Hall–Kier alpha value is -2.34. The minimum absolute atomic E-state index is 0.247. The van der Waals surface area contributed by atoms with Crippen LogP contribution in [0.1, 0.15) is 18.1 Å². The van der Waals surface area contributed by atoms with E-state index in [0.717, 1.165) is 21.3 Å². The summed E-state index contributed by atoms with van der Waals surface area (Å²) in [5.41, 5.74) is 1.54. The third kappa shape index (κ3) is 3.14. The zero-order chi connectivity index (χ0) is 17.3. The number of carbonyl (C=O) groups excluding carboxylic acids is 1. The van der Waals surface area contributed by atoms with Gasteiger partial charge in [0.1, 0.15) is 5.54 Å². The van der Waals surface area contributed by atoms with Crippen molar-refractivity contribution in [2.75, 3.05) is 4.90 Å². The molecule has 24 heavy (non-hydrogen) atoms. The SMILES string of the molecule is CC1(NC(=O)O)Cc2cc(Br)ccc2N(Cc2ccccc2)C1=O. The van der Waals surface area contributed by atoms with Gasteiger partial charge in [-0.2, -0.15) is 0 Å². The summed E-state index contributed by atoms with van der Waals surface area (Å²) in [6.07, 6.45) is -0.887. The average molecular weight is 389 g/mol. The maximum absolute atomic E-state index is 13.0. The van der Waals surface area contributed by atoms with Crippen LogP contribution < -0.4 is 10.2 Å². The van der Waals surface area contributed by atoms with Crippen molar-refractivity contribution < 1.29 is 14.7 Å². The summed E-state index contributed by atoms with van der Waals surface area (Å²) in [7, 11) is 0. The first-order chi connectivity index (χ1) is 11.4. The average Bonchev–Trinajstić information content (AvgIpc) is 2.52. The van der Waals surface area contributed by atoms with Crippen molar-refractivity contribution in [1.82, 2.24) is 5.32 Å². The molecule has 2 amide bonds. The largest absolute Gasteiger partial charge is 0.465 e. The Kier molecular flexibility index (Phi) is 4.32. The number of nitrogens with zero attached hydrogens (tertiary/aromatic N) is 1. The third-order valence-electron chi connectivity index (χ3n) is 4.16. The predicted octanol–water partition coefficient (Wildman–Crippen LogP) is 3.56. The number of hydrogen-bond acceptors (Lipinski definition) is 2. The third-order valence-corrected chi connectivity index (χ3v) is 4.65. The van der Waals surface area contributed by atoms with Crippen LogP contribution in [0.2, 0.25) is 0 Å². The number of rotatable bonds is 3. The van der Waals surface area contributed by atoms with Crippen molar-refractivity contribution in [2.45, 2.75) is 25.4 Å². The molecule has 6 heteroatoms. The van der Waals surface area contributed by atoms with Crippen LogP contribution in [0.5, 0.6) is 0 Å². The Balaban J connectivity index is 2.04. The van der Waals surface area contributed by atoms with Crippen LogP contribution in [0.15, 0.2) is 53.0 Å². The summed E-state index contributed by atoms with van der Waals surface area (Å²) in [6, 6.07) is 15.4. The first-order valence-electron chi connectivity index (χ1n) is 7.54. The Bertz CT molecular complexity index is 794. The summed E-state index contributed by atoms with van der Waals surface area (Å²) in [6.45, 7) is 2.02. The van der Waals surface area contributed by atoms with E-state index in [9.17, 15) is 9.59 Å². The number of halogens is 1. The summed E-state index contributed by atoms with van der Waals surface area (Å²) in [5.74, 6) is -0.247. The van der Waals surface area contributed by atoms with Gasteiger partial charge in [0.15, 0.2) is 0 Å². The van der Waals surface area contributed by atoms with Gasteiger partial charge in [-0.3, -0.25) is 4.79 Å². The molecule has 2 aromatic rings. The molecule has 0 radical (unpaired) electrons. The minimum Gasteiger partial charge on any atom is -0.465 e. The van der Waals surface area contributed by atoms with Crippen LogP contribution in [-0.2, 0) is 17.8 Å². The number of fused-ring (bicyclic) bond motifs is 1. The molecule has 0 spiro atoms. The fourth-order valence-electron chi connectivity index (χ4n) is 3.08. The van der Waals surface area contributed by atoms with Gasteiger partial charge >= 0.3 is 6.09 Å². The van der Waals surface area contributed by atoms with Gasteiger partial charge in [0.25, 0.3) is 5.91 Å². The van der Waals surface area contributed by atoms with E-state index in [-0.39, 0.29) is 5.91 Å². The highest BCUT2D eigenvalue weighted by atomic mass is 79.9. The Morgan fingerprint density at radius 3 is 2.67 bits per heavy atom. The molecule has 1 aliphatic heterocycles. The monoisotopic (exact) mass is 388 g/mol.